The number of carbonyl (C=O) groups excluding carboxylic acids is 4. The molecule has 3 N–H and O–H groups in total. The van der Waals surface area contributed by atoms with E-state index in [1.54, 1.807) is 0 Å². The highest BCUT2D eigenvalue weighted by Gasteiger charge is 2.30. The van der Waals surface area contributed by atoms with E-state index in [1.807, 2.05) is 0 Å². The maximum Gasteiger partial charge on any atom is 0.472 e. The van der Waals surface area contributed by atoms with Gasteiger partial charge in [0.05, 0.1) is 26.4 Å². The number of phosphoric acid groups is 2. The van der Waals surface area contributed by atoms with Crippen molar-refractivity contribution < 1.29 is 80.2 Å². The molecule has 3 unspecified atom stereocenters. The molecule has 0 amide bonds. The zero-order chi connectivity index (χ0) is 72.4. The third-order valence-corrected chi connectivity index (χ3v) is 20.2. The van der Waals surface area contributed by atoms with Gasteiger partial charge in [0.15, 0.2) is 12.2 Å². The van der Waals surface area contributed by atoms with Gasteiger partial charge < -0.3 is 33.8 Å². The minimum absolute atomic E-state index is 0.106. The quantitative estimate of drug-likeness (QED) is 0.0222. The van der Waals surface area contributed by atoms with E-state index < -0.39 is 97.5 Å². The van der Waals surface area contributed by atoms with E-state index in [0.29, 0.717) is 31.6 Å². The zero-order valence-corrected chi connectivity index (χ0v) is 66.2. The number of ether oxygens (including phenoxy) is 4. The Labute approximate surface area is 600 Å². The average molecular weight is 1440 g/mol. The molecular weight excluding hydrogens is 1280 g/mol. The summed E-state index contributed by atoms with van der Waals surface area (Å²) in [5, 5.41) is 10.6. The lowest BCUT2D eigenvalue weighted by Crippen LogP contribution is -2.30. The Morgan fingerprint density at radius 1 is 0.255 bits per heavy atom. The van der Waals surface area contributed by atoms with E-state index in [9.17, 15) is 43.2 Å². The van der Waals surface area contributed by atoms with Crippen LogP contribution in [-0.4, -0.2) is 96.7 Å². The topological polar surface area (TPSA) is 237 Å². The van der Waals surface area contributed by atoms with Gasteiger partial charge in [-0.05, 0) is 49.4 Å². The molecule has 0 radical (unpaired) electrons. The third-order valence-electron chi connectivity index (χ3n) is 18.3. The lowest BCUT2D eigenvalue weighted by atomic mass is 10.0. The number of rotatable bonds is 76. The first-order valence-electron chi connectivity index (χ1n) is 40.7. The molecular formula is C79H154O17P2. The number of esters is 4. The van der Waals surface area contributed by atoms with E-state index in [2.05, 4.69) is 55.4 Å². The predicted octanol–water partition coefficient (Wildman–Crippen LogP) is 23.2. The first-order valence-corrected chi connectivity index (χ1v) is 43.7. The van der Waals surface area contributed by atoms with Crippen LogP contribution >= 0.6 is 15.6 Å². The molecule has 0 aromatic rings. The van der Waals surface area contributed by atoms with Crippen LogP contribution in [0.2, 0.25) is 0 Å². The van der Waals surface area contributed by atoms with Gasteiger partial charge in [-0.2, -0.15) is 0 Å². The van der Waals surface area contributed by atoms with Crippen molar-refractivity contribution in [3.05, 3.63) is 0 Å². The van der Waals surface area contributed by atoms with Crippen molar-refractivity contribution in [3.63, 3.8) is 0 Å². The molecule has 5 atom stereocenters. The Balaban J connectivity index is 5.22. The second kappa shape index (κ2) is 68.2. The highest BCUT2D eigenvalue weighted by molar-refractivity contribution is 7.47. The van der Waals surface area contributed by atoms with Crippen molar-refractivity contribution in [2.75, 3.05) is 39.6 Å². The number of aliphatic hydroxyl groups is 1. The minimum Gasteiger partial charge on any atom is -0.462 e. The average Bonchev–Trinajstić information content (AvgIpc) is 1.09. The van der Waals surface area contributed by atoms with Gasteiger partial charge in [-0.3, -0.25) is 37.3 Å². The standard InChI is InChI=1S/C79H154O17P2/c1-69(2)55-47-39-31-24-18-14-10-9-11-16-20-27-35-43-51-59-76(81)89-65-74(95-79(84)62-54-46-37-29-23-22-26-33-41-49-57-71(5)6)67-93-97(85,86)91-63-73(80)64-92-98(87,88)94-68-75(66-90-77(82)60-52-44-38-30-34-42-50-58-72(7)8)96-78(83)61-53-45-36-28-21-17-13-12-15-19-25-32-40-48-56-70(3)4/h69-75,80H,9-68H2,1-8H3,(H,85,86)(H,87,88)/t73?,74-,75-/m1/s1. The van der Waals surface area contributed by atoms with Crippen molar-refractivity contribution >= 4 is 39.5 Å². The van der Waals surface area contributed by atoms with Crippen LogP contribution in [0.5, 0.6) is 0 Å². The predicted molar refractivity (Wildman–Crippen MR) is 400 cm³/mol. The number of aliphatic hydroxyl groups excluding tert-OH is 1. The molecule has 0 aromatic heterocycles. The maximum absolute atomic E-state index is 13.1. The summed E-state index contributed by atoms with van der Waals surface area (Å²) in [6.07, 6.45) is 54.2. The fraction of sp³-hybridized carbons (Fsp3) is 0.949. The van der Waals surface area contributed by atoms with Crippen molar-refractivity contribution in [2.24, 2.45) is 23.7 Å². The molecule has 0 saturated carbocycles. The summed E-state index contributed by atoms with van der Waals surface area (Å²) in [5.74, 6) is 0.941. The Kier molecular flexibility index (Phi) is 66.8. The van der Waals surface area contributed by atoms with E-state index >= 15 is 0 Å². The fourth-order valence-corrected chi connectivity index (χ4v) is 13.7. The van der Waals surface area contributed by atoms with Gasteiger partial charge in [0.2, 0.25) is 0 Å². The Hall–Kier alpha value is -1.94. The monoisotopic (exact) mass is 1440 g/mol. The highest BCUT2D eigenvalue weighted by Crippen LogP contribution is 2.45. The second-order valence-corrected chi connectivity index (χ2v) is 33.3. The van der Waals surface area contributed by atoms with Crippen LogP contribution in [-0.2, 0) is 65.4 Å². The molecule has 17 nitrogen and oxygen atoms in total. The SMILES string of the molecule is CC(C)CCCCCCCCCCCCCCCCCC(=O)OC[C@H](COP(=O)(O)OCC(O)COP(=O)(O)OC[C@@H](COC(=O)CCCCCCCCCC(C)C)OC(=O)CCCCCCCCCCCCCCCCC(C)C)OC(=O)CCCCCCCCCCCCC(C)C. The van der Waals surface area contributed by atoms with Gasteiger partial charge in [-0.15, -0.1) is 0 Å². The van der Waals surface area contributed by atoms with Crippen molar-refractivity contribution in [1.29, 1.82) is 0 Å². The van der Waals surface area contributed by atoms with Gasteiger partial charge in [-0.1, -0.05) is 351 Å². The number of hydrogen-bond donors (Lipinski definition) is 3. The molecule has 0 aliphatic rings. The lowest BCUT2D eigenvalue weighted by molar-refractivity contribution is -0.161. The Morgan fingerprint density at radius 3 is 0.633 bits per heavy atom. The molecule has 0 bridgehead atoms. The van der Waals surface area contributed by atoms with E-state index in [-0.39, 0.29) is 25.7 Å². The zero-order valence-electron chi connectivity index (χ0n) is 64.4. The van der Waals surface area contributed by atoms with Crippen LogP contribution in [0.1, 0.15) is 402 Å². The lowest BCUT2D eigenvalue weighted by Gasteiger charge is -2.21. The van der Waals surface area contributed by atoms with E-state index in [0.717, 1.165) is 114 Å². The van der Waals surface area contributed by atoms with Crippen LogP contribution in [0.15, 0.2) is 0 Å². The van der Waals surface area contributed by atoms with Gasteiger partial charge in [-0.25, -0.2) is 9.13 Å². The van der Waals surface area contributed by atoms with Crippen molar-refractivity contribution in [1.82, 2.24) is 0 Å². The van der Waals surface area contributed by atoms with Crippen LogP contribution < -0.4 is 0 Å². The van der Waals surface area contributed by atoms with Crippen LogP contribution in [0.25, 0.3) is 0 Å². The smallest absolute Gasteiger partial charge is 0.462 e. The first-order chi connectivity index (χ1) is 47.1. The van der Waals surface area contributed by atoms with Crippen molar-refractivity contribution in [2.45, 2.75) is 420 Å². The Bertz CT molecular complexity index is 1920. The number of carbonyl (C=O) groups is 4. The van der Waals surface area contributed by atoms with Gasteiger partial charge >= 0.3 is 39.5 Å². The minimum atomic E-state index is -4.96. The number of hydrogen-bond acceptors (Lipinski definition) is 15. The van der Waals surface area contributed by atoms with Crippen LogP contribution in [0.4, 0.5) is 0 Å². The van der Waals surface area contributed by atoms with Gasteiger partial charge in [0.1, 0.15) is 19.3 Å². The summed E-state index contributed by atoms with van der Waals surface area (Å²) >= 11 is 0. The third kappa shape index (κ3) is 72.4. The summed E-state index contributed by atoms with van der Waals surface area (Å²) in [4.78, 5) is 72.9. The van der Waals surface area contributed by atoms with E-state index in [1.165, 1.54) is 199 Å². The van der Waals surface area contributed by atoms with Crippen molar-refractivity contribution in [3.8, 4) is 0 Å². The number of unbranched alkanes of at least 4 members (excludes halogenated alkanes) is 42. The molecule has 0 aliphatic heterocycles. The van der Waals surface area contributed by atoms with E-state index in [4.69, 9.17) is 37.0 Å². The Morgan fingerprint density at radius 2 is 0.429 bits per heavy atom. The van der Waals surface area contributed by atoms with Crippen LogP contribution in [0, 0.1) is 23.7 Å². The van der Waals surface area contributed by atoms with Gasteiger partial charge in [0, 0.05) is 25.7 Å². The largest absolute Gasteiger partial charge is 0.472 e. The summed E-state index contributed by atoms with van der Waals surface area (Å²) in [6, 6.07) is 0. The molecule has 0 heterocycles. The molecule has 0 rings (SSSR count). The van der Waals surface area contributed by atoms with Gasteiger partial charge in [0.25, 0.3) is 0 Å². The van der Waals surface area contributed by atoms with Crippen LogP contribution in [0.3, 0.4) is 0 Å². The molecule has 0 aliphatic carbocycles. The number of phosphoric ester groups is 2. The summed E-state index contributed by atoms with van der Waals surface area (Å²) < 4.78 is 68.6. The highest BCUT2D eigenvalue weighted by atomic mass is 31.2. The normalized spacial score (nSPS) is 14.1. The molecule has 19 heteroatoms. The first kappa shape index (κ1) is 96.1. The fourth-order valence-electron chi connectivity index (χ4n) is 12.1. The summed E-state index contributed by atoms with van der Waals surface area (Å²) in [7, 11) is -9.92. The molecule has 0 spiro atoms. The summed E-state index contributed by atoms with van der Waals surface area (Å²) in [5.41, 5.74) is 0. The molecule has 0 fully saturated rings. The molecule has 0 saturated heterocycles. The molecule has 0 aromatic carbocycles. The maximum atomic E-state index is 13.1. The summed E-state index contributed by atoms with van der Waals surface area (Å²) in [6.45, 7) is 14.2. The molecule has 98 heavy (non-hydrogen) atoms. The molecule has 582 valence electrons. The second-order valence-electron chi connectivity index (χ2n) is 30.4.